The molecule has 0 radical (unpaired) electrons. The van der Waals surface area contributed by atoms with Crippen LogP contribution in [0.15, 0.2) is 48.5 Å². The van der Waals surface area contributed by atoms with E-state index in [4.69, 9.17) is 24.1 Å². The molecule has 1 atom stereocenters. The predicted molar refractivity (Wildman–Crippen MR) is 104 cm³/mol. The van der Waals surface area contributed by atoms with Gasteiger partial charge in [0.1, 0.15) is 30.8 Å². The SMILES string of the molecule is COC(=O)c1ccc(OC(=O)OCC(C)OC(=O)Oc2ccc(C(=O)CO)cc2)cc1. The van der Waals surface area contributed by atoms with Crippen molar-refractivity contribution in [2.24, 2.45) is 0 Å². The number of esters is 1. The highest BCUT2D eigenvalue weighted by Gasteiger charge is 2.16. The molecule has 0 fully saturated rings. The smallest absolute Gasteiger partial charge is 0.465 e. The van der Waals surface area contributed by atoms with Crippen molar-refractivity contribution in [1.82, 2.24) is 0 Å². The number of Topliss-reactive ketones (excluding diaryl/α,β-unsaturated/α-hetero) is 1. The van der Waals surface area contributed by atoms with Gasteiger partial charge in [-0.3, -0.25) is 4.79 Å². The molecule has 10 heteroatoms. The molecule has 2 aromatic carbocycles. The highest BCUT2D eigenvalue weighted by molar-refractivity contribution is 5.97. The largest absolute Gasteiger partial charge is 0.514 e. The molecule has 0 aliphatic carbocycles. The lowest BCUT2D eigenvalue weighted by Crippen LogP contribution is -2.25. The summed E-state index contributed by atoms with van der Waals surface area (Å²) >= 11 is 0. The van der Waals surface area contributed by atoms with Crippen LogP contribution in [0.4, 0.5) is 9.59 Å². The van der Waals surface area contributed by atoms with Crippen LogP contribution in [0.2, 0.25) is 0 Å². The fourth-order valence-electron chi connectivity index (χ4n) is 2.21. The molecule has 1 unspecified atom stereocenters. The predicted octanol–water partition coefficient (Wildman–Crippen LogP) is 2.77. The molecule has 2 aromatic rings. The third kappa shape index (κ3) is 7.44. The van der Waals surface area contributed by atoms with Gasteiger partial charge in [0.25, 0.3) is 0 Å². The summed E-state index contributed by atoms with van der Waals surface area (Å²) < 4.78 is 24.3. The van der Waals surface area contributed by atoms with E-state index in [0.29, 0.717) is 5.56 Å². The van der Waals surface area contributed by atoms with Crippen LogP contribution in [-0.2, 0) is 14.2 Å². The number of ketones is 1. The van der Waals surface area contributed by atoms with Crippen molar-refractivity contribution in [3.05, 3.63) is 59.7 Å². The molecular formula is C21H20O10. The van der Waals surface area contributed by atoms with E-state index in [1.54, 1.807) is 0 Å². The van der Waals surface area contributed by atoms with Crippen LogP contribution in [-0.4, -0.2) is 55.6 Å². The normalized spacial score (nSPS) is 11.1. The number of hydrogen-bond acceptors (Lipinski definition) is 10. The van der Waals surface area contributed by atoms with Crippen LogP contribution in [0.5, 0.6) is 11.5 Å². The first-order valence-corrected chi connectivity index (χ1v) is 8.98. The quantitative estimate of drug-likeness (QED) is 0.287. The van der Waals surface area contributed by atoms with Crippen molar-refractivity contribution in [3.63, 3.8) is 0 Å². The van der Waals surface area contributed by atoms with E-state index in [1.807, 2.05) is 0 Å². The molecule has 2 rings (SSSR count). The van der Waals surface area contributed by atoms with E-state index >= 15 is 0 Å². The van der Waals surface area contributed by atoms with Crippen LogP contribution < -0.4 is 9.47 Å². The molecule has 0 aliphatic rings. The fraction of sp³-hybridized carbons (Fsp3) is 0.238. The molecule has 10 nitrogen and oxygen atoms in total. The third-order valence-electron chi connectivity index (χ3n) is 3.73. The van der Waals surface area contributed by atoms with Gasteiger partial charge < -0.3 is 28.8 Å². The van der Waals surface area contributed by atoms with Gasteiger partial charge in [0.15, 0.2) is 5.78 Å². The molecule has 0 spiro atoms. The molecular weight excluding hydrogens is 412 g/mol. The van der Waals surface area contributed by atoms with Gasteiger partial charge in [-0.25, -0.2) is 14.4 Å². The number of carbonyl (C=O) groups excluding carboxylic acids is 4. The number of methoxy groups -OCH3 is 1. The van der Waals surface area contributed by atoms with Gasteiger partial charge in [0.2, 0.25) is 0 Å². The Hall–Kier alpha value is -3.92. The molecule has 0 aliphatic heterocycles. The number of hydrogen-bond donors (Lipinski definition) is 1. The van der Waals surface area contributed by atoms with Gasteiger partial charge >= 0.3 is 18.3 Å². The number of aliphatic hydroxyl groups is 1. The molecule has 0 aromatic heterocycles. The molecule has 164 valence electrons. The summed E-state index contributed by atoms with van der Waals surface area (Å²) in [5, 5.41) is 8.80. The zero-order valence-electron chi connectivity index (χ0n) is 16.7. The minimum absolute atomic E-state index is 0.127. The molecule has 31 heavy (non-hydrogen) atoms. The Morgan fingerprint density at radius 3 is 1.87 bits per heavy atom. The van der Waals surface area contributed by atoms with E-state index in [1.165, 1.54) is 62.6 Å². The first-order valence-electron chi connectivity index (χ1n) is 8.98. The second kappa shape index (κ2) is 11.3. The Kier molecular flexibility index (Phi) is 8.52. The summed E-state index contributed by atoms with van der Waals surface area (Å²) in [5.41, 5.74) is 0.557. The monoisotopic (exact) mass is 432 g/mol. The number of benzene rings is 2. The highest BCUT2D eigenvalue weighted by Crippen LogP contribution is 2.15. The van der Waals surface area contributed by atoms with Crippen LogP contribution in [0.25, 0.3) is 0 Å². The van der Waals surface area contributed by atoms with E-state index in [2.05, 4.69) is 4.74 Å². The van der Waals surface area contributed by atoms with Gasteiger partial charge in [0, 0.05) is 5.56 Å². The third-order valence-corrected chi connectivity index (χ3v) is 3.73. The standard InChI is InChI=1S/C21H20O10/c1-13(29-21(26)31-17-7-3-14(4-8-17)18(23)11-22)12-28-20(25)30-16-9-5-15(6-10-16)19(24)27-2/h3-10,13,22H,11-12H2,1-2H3. The second-order valence-electron chi connectivity index (χ2n) is 6.07. The summed E-state index contributed by atoms with van der Waals surface area (Å²) in [4.78, 5) is 46.2. The van der Waals surface area contributed by atoms with Crippen LogP contribution in [0, 0.1) is 0 Å². The summed E-state index contributed by atoms with van der Waals surface area (Å²) in [7, 11) is 1.25. The molecule has 0 saturated heterocycles. The minimum atomic E-state index is -1.04. The summed E-state index contributed by atoms with van der Waals surface area (Å²) in [6.07, 6.45) is -2.90. The highest BCUT2D eigenvalue weighted by atomic mass is 16.8. The zero-order valence-corrected chi connectivity index (χ0v) is 16.7. The number of carbonyl (C=O) groups is 4. The van der Waals surface area contributed by atoms with Gasteiger partial charge in [-0.15, -0.1) is 0 Å². The number of ether oxygens (including phenoxy) is 5. The minimum Gasteiger partial charge on any atom is -0.465 e. The first kappa shape index (κ1) is 23.4. The average Bonchev–Trinajstić information content (AvgIpc) is 2.77. The maximum atomic E-state index is 11.8. The first-order chi connectivity index (χ1) is 14.8. The Balaban J connectivity index is 1.74. The summed E-state index contributed by atoms with van der Waals surface area (Å²) in [6, 6.07) is 11.1. The van der Waals surface area contributed by atoms with Gasteiger partial charge in [-0.1, -0.05) is 0 Å². The lowest BCUT2D eigenvalue weighted by atomic mass is 10.1. The zero-order chi connectivity index (χ0) is 22.8. The van der Waals surface area contributed by atoms with Crippen molar-refractivity contribution in [3.8, 4) is 11.5 Å². The van der Waals surface area contributed by atoms with E-state index < -0.39 is 36.8 Å². The topological polar surface area (TPSA) is 135 Å². The Morgan fingerprint density at radius 2 is 1.35 bits per heavy atom. The maximum Gasteiger partial charge on any atom is 0.514 e. The van der Waals surface area contributed by atoms with E-state index in [-0.39, 0.29) is 23.7 Å². The van der Waals surface area contributed by atoms with Crippen molar-refractivity contribution in [2.45, 2.75) is 13.0 Å². The van der Waals surface area contributed by atoms with Crippen molar-refractivity contribution >= 4 is 24.1 Å². The van der Waals surface area contributed by atoms with Crippen LogP contribution in [0.1, 0.15) is 27.6 Å². The van der Waals surface area contributed by atoms with Gasteiger partial charge in [0.05, 0.1) is 12.7 Å². The Morgan fingerprint density at radius 1 is 0.839 bits per heavy atom. The number of rotatable bonds is 8. The van der Waals surface area contributed by atoms with E-state index in [9.17, 15) is 19.2 Å². The summed E-state index contributed by atoms with van der Waals surface area (Å²) in [6.45, 7) is 0.557. The van der Waals surface area contributed by atoms with Crippen molar-refractivity contribution < 1.29 is 48.0 Å². The molecule has 0 bridgehead atoms. The van der Waals surface area contributed by atoms with E-state index in [0.717, 1.165) is 0 Å². The fourth-order valence-corrected chi connectivity index (χ4v) is 2.21. The lowest BCUT2D eigenvalue weighted by Gasteiger charge is -2.13. The molecule has 0 saturated carbocycles. The van der Waals surface area contributed by atoms with Crippen molar-refractivity contribution in [2.75, 3.05) is 20.3 Å². The maximum absolute atomic E-state index is 11.8. The van der Waals surface area contributed by atoms with Crippen molar-refractivity contribution in [1.29, 1.82) is 0 Å². The Bertz CT molecular complexity index is 918. The molecule has 0 heterocycles. The van der Waals surface area contributed by atoms with Crippen LogP contribution in [0.3, 0.4) is 0 Å². The molecule has 1 N–H and O–H groups in total. The second-order valence-corrected chi connectivity index (χ2v) is 6.07. The molecule has 0 amide bonds. The summed E-state index contributed by atoms with van der Waals surface area (Å²) in [5.74, 6) is -0.719. The number of aliphatic hydroxyl groups excluding tert-OH is 1. The lowest BCUT2D eigenvalue weighted by molar-refractivity contribution is 0.0184. The van der Waals surface area contributed by atoms with Gasteiger partial charge in [-0.05, 0) is 55.5 Å². The average molecular weight is 432 g/mol. The van der Waals surface area contributed by atoms with Crippen LogP contribution >= 0.6 is 0 Å². The van der Waals surface area contributed by atoms with Gasteiger partial charge in [-0.2, -0.15) is 0 Å². The Labute approximate surface area is 177 Å².